The molecule has 0 unspecified atom stereocenters. The van der Waals surface area contributed by atoms with Gasteiger partial charge in [-0.1, -0.05) is 17.7 Å². The van der Waals surface area contributed by atoms with Crippen molar-refractivity contribution < 1.29 is 8.42 Å². The van der Waals surface area contributed by atoms with E-state index in [0.29, 0.717) is 10.7 Å². The Labute approximate surface area is 81.9 Å². The third-order valence-corrected chi connectivity index (χ3v) is 1.91. The van der Waals surface area contributed by atoms with Crippen LogP contribution in [0.1, 0.15) is 0 Å². The SMILES string of the molecule is CS(=O)(=O)NNc1cccc(Cl)c1. The van der Waals surface area contributed by atoms with Gasteiger partial charge in [-0.05, 0) is 18.2 Å². The minimum atomic E-state index is -3.24. The molecule has 0 fully saturated rings. The lowest BCUT2D eigenvalue weighted by Gasteiger charge is -2.05. The summed E-state index contributed by atoms with van der Waals surface area (Å²) in [5, 5.41) is 0.542. The highest BCUT2D eigenvalue weighted by Gasteiger charge is 1.98. The lowest BCUT2D eigenvalue weighted by molar-refractivity contribution is 0.594. The third kappa shape index (κ3) is 4.12. The highest BCUT2D eigenvalue weighted by atomic mass is 35.5. The van der Waals surface area contributed by atoms with E-state index in [-0.39, 0.29) is 0 Å². The number of halogens is 1. The predicted molar refractivity (Wildman–Crippen MR) is 53.1 cm³/mol. The first-order chi connectivity index (χ1) is 5.97. The molecule has 0 atom stereocenters. The zero-order chi connectivity index (χ0) is 9.90. The molecule has 0 aliphatic heterocycles. The van der Waals surface area contributed by atoms with Gasteiger partial charge in [0.25, 0.3) is 0 Å². The summed E-state index contributed by atoms with van der Waals surface area (Å²) in [6, 6.07) is 6.73. The first-order valence-corrected chi connectivity index (χ1v) is 5.73. The molecule has 0 radical (unpaired) electrons. The molecule has 0 amide bonds. The third-order valence-electron chi connectivity index (χ3n) is 1.21. The number of hydrogen-bond acceptors (Lipinski definition) is 3. The molecule has 1 aromatic carbocycles. The van der Waals surface area contributed by atoms with Crippen LogP contribution in [0.15, 0.2) is 24.3 Å². The van der Waals surface area contributed by atoms with Crippen LogP contribution in [0.2, 0.25) is 5.02 Å². The van der Waals surface area contributed by atoms with E-state index < -0.39 is 10.0 Å². The Bertz CT molecular complexity index is 391. The molecule has 4 nitrogen and oxygen atoms in total. The fourth-order valence-corrected chi connectivity index (χ4v) is 1.21. The Morgan fingerprint density at radius 3 is 2.62 bits per heavy atom. The molecule has 2 N–H and O–H groups in total. The van der Waals surface area contributed by atoms with Crippen molar-refractivity contribution in [2.24, 2.45) is 0 Å². The molecular formula is C7H9ClN2O2S. The summed E-state index contributed by atoms with van der Waals surface area (Å²) in [6.45, 7) is 0. The van der Waals surface area contributed by atoms with Gasteiger partial charge in [-0.25, -0.2) is 8.42 Å². The maximum atomic E-state index is 10.7. The van der Waals surface area contributed by atoms with Gasteiger partial charge in [0.1, 0.15) is 0 Å². The Morgan fingerprint density at radius 1 is 1.38 bits per heavy atom. The van der Waals surface area contributed by atoms with Crippen LogP contribution in [-0.4, -0.2) is 14.7 Å². The van der Waals surface area contributed by atoms with Gasteiger partial charge in [-0.15, -0.1) is 4.83 Å². The summed E-state index contributed by atoms with van der Waals surface area (Å²) in [4.78, 5) is 2.13. The quantitative estimate of drug-likeness (QED) is 0.753. The smallest absolute Gasteiger partial charge is 0.225 e. The zero-order valence-corrected chi connectivity index (χ0v) is 8.48. The summed E-state index contributed by atoms with van der Waals surface area (Å²) < 4.78 is 21.4. The second-order valence-corrected chi connectivity index (χ2v) is 4.69. The van der Waals surface area contributed by atoms with E-state index in [1.807, 2.05) is 0 Å². The number of hydrazine groups is 1. The number of sulfonamides is 1. The largest absolute Gasteiger partial charge is 0.308 e. The molecule has 1 aromatic rings. The van der Waals surface area contributed by atoms with E-state index in [1.54, 1.807) is 24.3 Å². The Morgan fingerprint density at radius 2 is 2.08 bits per heavy atom. The first kappa shape index (κ1) is 10.3. The predicted octanol–water partition coefficient (Wildman–Crippen LogP) is 1.22. The van der Waals surface area contributed by atoms with Gasteiger partial charge in [-0.2, -0.15) is 0 Å². The molecule has 72 valence electrons. The van der Waals surface area contributed by atoms with E-state index in [9.17, 15) is 8.42 Å². The van der Waals surface area contributed by atoms with Crippen molar-refractivity contribution >= 4 is 27.3 Å². The summed E-state index contributed by atoms with van der Waals surface area (Å²) >= 11 is 5.68. The average molecular weight is 221 g/mol. The van der Waals surface area contributed by atoms with Crippen molar-refractivity contribution in [3.63, 3.8) is 0 Å². The van der Waals surface area contributed by atoms with Crippen LogP contribution in [0.4, 0.5) is 5.69 Å². The Kier molecular flexibility index (Phi) is 3.13. The van der Waals surface area contributed by atoms with Gasteiger partial charge in [-0.3, -0.25) is 0 Å². The summed E-state index contributed by atoms with van der Waals surface area (Å²) in [5.41, 5.74) is 3.10. The van der Waals surface area contributed by atoms with Crippen LogP contribution in [0.3, 0.4) is 0 Å². The standard InChI is InChI=1S/C7H9ClN2O2S/c1-13(11,12)10-9-7-4-2-3-6(8)5-7/h2-5,9-10H,1H3. The van der Waals surface area contributed by atoms with Crippen LogP contribution in [-0.2, 0) is 10.0 Å². The molecule has 0 saturated carbocycles. The van der Waals surface area contributed by atoms with Gasteiger partial charge in [0.2, 0.25) is 10.0 Å². The van der Waals surface area contributed by atoms with Crippen molar-refractivity contribution in [2.45, 2.75) is 0 Å². The van der Waals surface area contributed by atoms with Crippen molar-refractivity contribution in [2.75, 3.05) is 11.7 Å². The zero-order valence-electron chi connectivity index (χ0n) is 6.91. The van der Waals surface area contributed by atoms with E-state index in [4.69, 9.17) is 11.6 Å². The molecule has 0 spiro atoms. The number of rotatable bonds is 3. The molecule has 13 heavy (non-hydrogen) atoms. The fourth-order valence-electron chi connectivity index (χ4n) is 0.718. The first-order valence-electron chi connectivity index (χ1n) is 3.46. The highest BCUT2D eigenvalue weighted by molar-refractivity contribution is 7.88. The van der Waals surface area contributed by atoms with Crippen LogP contribution in [0, 0.1) is 0 Å². The number of hydrogen-bond donors (Lipinski definition) is 2. The minimum absolute atomic E-state index is 0.542. The number of nitrogens with one attached hydrogen (secondary N) is 2. The molecule has 0 saturated heterocycles. The second-order valence-electron chi connectivity index (χ2n) is 2.51. The minimum Gasteiger partial charge on any atom is -0.308 e. The highest BCUT2D eigenvalue weighted by Crippen LogP contribution is 2.13. The van der Waals surface area contributed by atoms with Gasteiger partial charge >= 0.3 is 0 Å². The van der Waals surface area contributed by atoms with Crippen molar-refractivity contribution in [1.29, 1.82) is 0 Å². The Hall–Kier alpha value is -0.780. The van der Waals surface area contributed by atoms with Crippen molar-refractivity contribution in [3.05, 3.63) is 29.3 Å². The lowest BCUT2D eigenvalue weighted by atomic mass is 10.3. The molecule has 0 aromatic heterocycles. The van der Waals surface area contributed by atoms with Crippen LogP contribution >= 0.6 is 11.6 Å². The molecular weight excluding hydrogens is 212 g/mol. The van der Waals surface area contributed by atoms with Crippen LogP contribution < -0.4 is 10.3 Å². The van der Waals surface area contributed by atoms with Gasteiger partial charge in [0, 0.05) is 5.02 Å². The molecule has 0 bridgehead atoms. The molecule has 0 aliphatic carbocycles. The monoisotopic (exact) mass is 220 g/mol. The van der Waals surface area contributed by atoms with Gasteiger partial charge < -0.3 is 5.43 Å². The topological polar surface area (TPSA) is 58.2 Å². The fraction of sp³-hybridized carbons (Fsp3) is 0.143. The van der Waals surface area contributed by atoms with Crippen LogP contribution in [0.5, 0.6) is 0 Å². The summed E-state index contributed by atoms with van der Waals surface area (Å²) in [5.74, 6) is 0. The van der Waals surface area contributed by atoms with Crippen LogP contribution in [0.25, 0.3) is 0 Å². The number of benzene rings is 1. The number of anilines is 1. The van der Waals surface area contributed by atoms with E-state index >= 15 is 0 Å². The van der Waals surface area contributed by atoms with E-state index in [2.05, 4.69) is 10.3 Å². The van der Waals surface area contributed by atoms with E-state index in [1.165, 1.54) is 0 Å². The maximum absolute atomic E-state index is 10.7. The average Bonchev–Trinajstić information content (AvgIpc) is 2.00. The summed E-state index contributed by atoms with van der Waals surface area (Å²) in [6.07, 6.45) is 1.06. The van der Waals surface area contributed by atoms with E-state index in [0.717, 1.165) is 6.26 Å². The molecule has 1 rings (SSSR count). The second kappa shape index (κ2) is 3.95. The lowest BCUT2D eigenvalue weighted by Crippen LogP contribution is -2.27. The van der Waals surface area contributed by atoms with Crippen molar-refractivity contribution in [3.8, 4) is 0 Å². The normalized spacial score (nSPS) is 11.2. The molecule has 6 heteroatoms. The van der Waals surface area contributed by atoms with Gasteiger partial charge in [0.15, 0.2) is 0 Å². The Balaban J connectivity index is 2.65. The van der Waals surface area contributed by atoms with Crippen molar-refractivity contribution in [1.82, 2.24) is 4.83 Å². The summed E-state index contributed by atoms with van der Waals surface area (Å²) in [7, 11) is -3.24. The molecule has 0 aliphatic rings. The maximum Gasteiger partial charge on any atom is 0.225 e. The van der Waals surface area contributed by atoms with Gasteiger partial charge in [0.05, 0.1) is 11.9 Å². The molecule has 0 heterocycles.